The largest absolute Gasteiger partial charge is 0.471 e. The fraction of sp³-hybridized carbons (Fsp3) is 0.581. The number of thiophene rings is 1. The lowest BCUT2D eigenvalue weighted by Gasteiger charge is -2.36. The van der Waals surface area contributed by atoms with E-state index in [0.717, 1.165) is 30.4 Å². The van der Waals surface area contributed by atoms with Crippen molar-refractivity contribution in [3.8, 4) is 18.4 Å². The molecule has 1 aliphatic heterocycles. The Bertz CT molecular complexity index is 1620. The maximum Gasteiger partial charge on any atom is 0.471 e. The zero-order valence-corrected chi connectivity index (χ0v) is 25.2. The summed E-state index contributed by atoms with van der Waals surface area (Å²) in [4.78, 5) is 45.6. The number of fused-ring (bicyclic) bond motifs is 2. The van der Waals surface area contributed by atoms with Crippen LogP contribution in [0.4, 0.5) is 13.2 Å². The van der Waals surface area contributed by atoms with Gasteiger partial charge in [0.2, 0.25) is 11.8 Å². The number of amides is 3. The summed E-state index contributed by atoms with van der Waals surface area (Å²) in [6.07, 6.45) is 5.83. The van der Waals surface area contributed by atoms with Gasteiger partial charge in [0, 0.05) is 40.8 Å². The SMILES string of the molecule is C#Cc1csc2cncc(C(C#N)NC(=O)[C@@H]3[C@@H]4[C@H](CN3C(=O)[C@@H](NC(=O)C(F)(F)F)[C@@H](C)OC3(C5CC5)CC3)C4(C)C)c12. The van der Waals surface area contributed by atoms with Crippen LogP contribution >= 0.6 is 11.3 Å². The topological polar surface area (TPSA) is 124 Å². The number of hydrogen-bond acceptors (Lipinski definition) is 7. The monoisotopic (exact) mass is 627 g/mol. The van der Waals surface area contributed by atoms with Crippen LogP contribution in [0.15, 0.2) is 17.8 Å². The van der Waals surface area contributed by atoms with Gasteiger partial charge < -0.3 is 20.3 Å². The summed E-state index contributed by atoms with van der Waals surface area (Å²) in [5.74, 6) is -1.20. The molecule has 3 heterocycles. The first-order chi connectivity index (χ1) is 20.7. The molecule has 0 aromatic carbocycles. The van der Waals surface area contributed by atoms with E-state index in [2.05, 4.69) is 22.3 Å². The molecule has 13 heteroatoms. The third-order valence-corrected chi connectivity index (χ3v) is 10.8. The van der Waals surface area contributed by atoms with Crippen LogP contribution in [0.3, 0.4) is 0 Å². The number of rotatable bonds is 9. The Hall–Kier alpha value is -3.68. The molecule has 0 spiro atoms. The third kappa shape index (κ3) is 5.10. The number of aromatic nitrogens is 1. The molecule has 1 saturated heterocycles. The third-order valence-electron chi connectivity index (χ3n) is 9.92. The highest BCUT2D eigenvalue weighted by atomic mass is 32.1. The molecular formula is C31H32F3N5O4S. The number of ether oxygens (including phenoxy) is 1. The van der Waals surface area contributed by atoms with Gasteiger partial charge >= 0.3 is 12.1 Å². The molecule has 3 amide bonds. The van der Waals surface area contributed by atoms with E-state index in [1.807, 2.05) is 19.2 Å². The summed E-state index contributed by atoms with van der Waals surface area (Å²) in [6.45, 7) is 5.53. The van der Waals surface area contributed by atoms with Crippen molar-refractivity contribution in [2.45, 2.75) is 82.5 Å². The molecule has 0 bridgehead atoms. The number of piperidine rings is 1. The number of nitrogens with one attached hydrogen (secondary N) is 2. The summed E-state index contributed by atoms with van der Waals surface area (Å²) in [7, 11) is 0. The van der Waals surface area contributed by atoms with Gasteiger partial charge in [-0.3, -0.25) is 19.4 Å². The lowest BCUT2D eigenvalue weighted by Crippen LogP contribution is -2.60. The van der Waals surface area contributed by atoms with Crippen LogP contribution in [-0.4, -0.2) is 64.1 Å². The molecule has 3 aliphatic carbocycles. The smallest absolute Gasteiger partial charge is 0.369 e. The molecule has 3 saturated carbocycles. The van der Waals surface area contributed by atoms with E-state index in [4.69, 9.17) is 11.2 Å². The summed E-state index contributed by atoms with van der Waals surface area (Å²) in [6, 6.07) is -1.80. The van der Waals surface area contributed by atoms with E-state index in [9.17, 15) is 32.8 Å². The Morgan fingerprint density at radius 2 is 1.93 bits per heavy atom. The molecule has 44 heavy (non-hydrogen) atoms. The second kappa shape index (κ2) is 10.5. The summed E-state index contributed by atoms with van der Waals surface area (Å²) in [5, 5.41) is 17.1. The maximum atomic E-state index is 14.1. The van der Waals surface area contributed by atoms with E-state index in [1.54, 1.807) is 11.6 Å². The number of pyridine rings is 1. The number of likely N-dealkylation sites (tertiary alicyclic amines) is 1. The van der Waals surface area contributed by atoms with Crippen LogP contribution in [0.25, 0.3) is 10.1 Å². The van der Waals surface area contributed by atoms with E-state index in [-0.39, 0.29) is 29.7 Å². The van der Waals surface area contributed by atoms with Crippen LogP contribution in [0, 0.1) is 46.8 Å². The molecule has 2 aromatic heterocycles. The Kier molecular flexibility index (Phi) is 7.21. The van der Waals surface area contributed by atoms with Crippen molar-refractivity contribution < 1.29 is 32.3 Å². The highest BCUT2D eigenvalue weighted by Gasteiger charge is 2.70. The molecule has 6 rings (SSSR count). The normalized spacial score (nSPS) is 26.5. The second-order valence-electron chi connectivity index (χ2n) is 13.0. The van der Waals surface area contributed by atoms with Crippen molar-refractivity contribution in [2.24, 2.45) is 23.2 Å². The molecule has 232 valence electrons. The van der Waals surface area contributed by atoms with Crippen LogP contribution in [0.2, 0.25) is 0 Å². The van der Waals surface area contributed by atoms with Gasteiger partial charge in [-0.15, -0.1) is 17.8 Å². The minimum Gasteiger partial charge on any atom is -0.369 e. The van der Waals surface area contributed by atoms with E-state index in [0.29, 0.717) is 16.5 Å². The molecular weight excluding hydrogens is 595 g/mol. The average molecular weight is 628 g/mol. The zero-order valence-electron chi connectivity index (χ0n) is 24.4. The summed E-state index contributed by atoms with van der Waals surface area (Å²) < 4.78 is 47.1. The number of hydrogen-bond donors (Lipinski definition) is 2. The number of nitriles is 1. The highest BCUT2D eigenvalue weighted by Crippen LogP contribution is 2.65. The Morgan fingerprint density at radius 1 is 1.23 bits per heavy atom. The second-order valence-corrected chi connectivity index (χ2v) is 13.9. The van der Waals surface area contributed by atoms with Gasteiger partial charge in [-0.05, 0) is 55.8 Å². The predicted octanol–water partition coefficient (Wildman–Crippen LogP) is 3.84. The quantitative estimate of drug-likeness (QED) is 0.408. The summed E-state index contributed by atoms with van der Waals surface area (Å²) >= 11 is 1.36. The fourth-order valence-corrected chi connectivity index (χ4v) is 8.03. The van der Waals surface area contributed by atoms with Gasteiger partial charge in [-0.25, -0.2) is 0 Å². The van der Waals surface area contributed by atoms with Crippen molar-refractivity contribution >= 4 is 39.1 Å². The molecule has 1 unspecified atom stereocenters. The molecule has 2 aromatic rings. The molecule has 4 fully saturated rings. The first-order valence-corrected chi connectivity index (χ1v) is 15.5. The van der Waals surface area contributed by atoms with Gasteiger partial charge in [-0.1, -0.05) is 19.8 Å². The number of terminal acetylenes is 1. The minimum absolute atomic E-state index is 0.0887. The van der Waals surface area contributed by atoms with Crippen molar-refractivity contribution in [3.05, 3.63) is 28.9 Å². The lowest BCUT2D eigenvalue weighted by atomic mass is 9.98. The van der Waals surface area contributed by atoms with Gasteiger partial charge in [0.15, 0.2) is 0 Å². The van der Waals surface area contributed by atoms with Crippen molar-refractivity contribution in [2.75, 3.05) is 6.54 Å². The Labute approximate surface area is 256 Å². The van der Waals surface area contributed by atoms with Crippen molar-refractivity contribution in [1.82, 2.24) is 20.5 Å². The maximum absolute atomic E-state index is 14.1. The van der Waals surface area contributed by atoms with Gasteiger partial charge in [-0.2, -0.15) is 18.4 Å². The summed E-state index contributed by atoms with van der Waals surface area (Å²) in [5.41, 5.74) is 0.154. The molecule has 2 N–H and O–H groups in total. The first-order valence-electron chi connectivity index (χ1n) is 14.6. The van der Waals surface area contributed by atoms with E-state index < -0.39 is 53.7 Å². The first kappa shape index (κ1) is 30.4. The van der Waals surface area contributed by atoms with Crippen LogP contribution in [0.1, 0.15) is 63.6 Å². The van der Waals surface area contributed by atoms with Crippen molar-refractivity contribution in [1.29, 1.82) is 5.26 Å². The predicted molar refractivity (Wildman–Crippen MR) is 154 cm³/mol. The van der Waals surface area contributed by atoms with Crippen LogP contribution in [0.5, 0.6) is 0 Å². The van der Waals surface area contributed by atoms with Crippen LogP contribution in [-0.2, 0) is 19.1 Å². The molecule has 9 nitrogen and oxygen atoms in total. The number of nitrogens with zero attached hydrogens (tertiary/aromatic N) is 3. The lowest BCUT2D eigenvalue weighted by molar-refractivity contribution is -0.177. The number of alkyl halides is 3. The molecule has 6 atom stereocenters. The molecule has 0 radical (unpaired) electrons. The fourth-order valence-electron chi connectivity index (χ4n) is 7.14. The van der Waals surface area contributed by atoms with Gasteiger partial charge in [0.1, 0.15) is 18.1 Å². The Balaban J connectivity index is 1.28. The average Bonchev–Trinajstić information content (AvgIpc) is 3.93. The zero-order chi connectivity index (χ0) is 31.8. The number of carbonyl (C=O) groups is 3. The number of halogens is 3. The van der Waals surface area contributed by atoms with Gasteiger partial charge in [0.25, 0.3) is 0 Å². The Morgan fingerprint density at radius 3 is 2.52 bits per heavy atom. The van der Waals surface area contributed by atoms with E-state index >= 15 is 0 Å². The standard InChI is InChI=1S/C31H32F3N5O4S/c1-5-16-14-44-21-12-36-11-18(22(16)21)20(10-35)37-26(40)25-23-19(29(23,3)4)13-39(25)27(41)24(38-28(42)31(32,33)34)15(2)43-30(8-9-30)17-6-7-17/h1,11-12,14-15,17,19-20,23-25H,6-9,13H2,2-4H3,(H,37,40)(H,38,42)/t15-,19+,20?,23+,24+,25+/m1/s1. The van der Waals surface area contributed by atoms with E-state index in [1.165, 1.54) is 29.4 Å². The number of carbonyl (C=O) groups excluding carboxylic acids is 3. The highest BCUT2D eigenvalue weighted by molar-refractivity contribution is 7.17. The molecule has 4 aliphatic rings. The minimum atomic E-state index is -5.22. The van der Waals surface area contributed by atoms with Gasteiger partial charge in [0.05, 0.1) is 22.5 Å². The van der Waals surface area contributed by atoms with Crippen LogP contribution < -0.4 is 10.6 Å². The van der Waals surface area contributed by atoms with Crippen molar-refractivity contribution in [3.63, 3.8) is 0 Å².